The Morgan fingerprint density at radius 3 is 2.47 bits per heavy atom. The van der Waals surface area contributed by atoms with Crippen LogP contribution in [0.1, 0.15) is 79.3 Å². The lowest BCUT2D eigenvalue weighted by Crippen LogP contribution is -2.31. The number of ether oxygens (including phenoxy) is 1. The van der Waals surface area contributed by atoms with E-state index in [0.717, 1.165) is 71.2 Å². The minimum Gasteiger partial charge on any atom is -0.402 e. The Morgan fingerprint density at radius 1 is 1.21 bits per heavy atom. The Bertz CT molecular complexity index is 1030. The number of rotatable bonds is 11. The van der Waals surface area contributed by atoms with Gasteiger partial charge >= 0.3 is 0 Å². The predicted molar refractivity (Wildman–Crippen MR) is 146 cm³/mol. The van der Waals surface area contributed by atoms with Crippen LogP contribution in [0.4, 0.5) is 5.69 Å². The summed E-state index contributed by atoms with van der Waals surface area (Å²) in [4.78, 5) is 18.3. The maximum Gasteiger partial charge on any atom is 0.229 e. The Kier molecular flexibility index (Phi) is 9.57. The number of carbonyl (C=O) groups excluding carboxylic acids is 1. The van der Waals surface area contributed by atoms with Crippen LogP contribution in [0.5, 0.6) is 0 Å². The number of hydrogen-bond donors (Lipinski definition) is 2. The molecule has 2 aromatic rings. The first-order valence-electron chi connectivity index (χ1n) is 12.5. The smallest absolute Gasteiger partial charge is 0.229 e. The van der Waals surface area contributed by atoms with Crippen LogP contribution in [0.2, 0.25) is 0 Å². The fraction of sp³-hybridized carbons (Fsp3) is 0.552. The van der Waals surface area contributed by atoms with Crippen LogP contribution in [0.25, 0.3) is 16.5 Å². The number of nitrogens with one attached hydrogen (secondary N) is 1. The average Bonchev–Trinajstić information content (AvgIpc) is 3.20. The molecule has 0 bridgehead atoms. The van der Waals surface area contributed by atoms with Gasteiger partial charge in [0, 0.05) is 48.1 Å². The molecule has 0 aliphatic heterocycles. The van der Waals surface area contributed by atoms with Crippen LogP contribution in [-0.2, 0) is 9.53 Å². The number of nitrogens with zero attached hydrogens (tertiary/aromatic N) is 1. The molecule has 34 heavy (non-hydrogen) atoms. The largest absolute Gasteiger partial charge is 0.402 e. The molecule has 188 valence electrons. The summed E-state index contributed by atoms with van der Waals surface area (Å²) < 4.78 is 5.31. The van der Waals surface area contributed by atoms with Gasteiger partial charge < -0.3 is 20.4 Å². The van der Waals surface area contributed by atoms with Crippen LogP contribution in [0.15, 0.2) is 42.1 Å². The van der Waals surface area contributed by atoms with Crippen molar-refractivity contribution in [3.8, 4) is 0 Å². The third-order valence-corrected chi connectivity index (χ3v) is 6.55. The number of allylic oxidation sites excluding steroid dienone is 3. The van der Waals surface area contributed by atoms with E-state index in [2.05, 4.69) is 58.3 Å². The number of fused-ring (bicyclic) bond motifs is 1. The van der Waals surface area contributed by atoms with Crippen molar-refractivity contribution >= 4 is 28.1 Å². The molecule has 2 rings (SSSR count). The summed E-state index contributed by atoms with van der Waals surface area (Å²) in [7, 11) is 3.58. The van der Waals surface area contributed by atoms with Gasteiger partial charge in [0.15, 0.2) is 0 Å². The Labute approximate surface area is 206 Å². The van der Waals surface area contributed by atoms with Gasteiger partial charge in [0.1, 0.15) is 0 Å². The van der Waals surface area contributed by atoms with Crippen molar-refractivity contribution < 1.29 is 9.53 Å². The molecular formula is C29H45N3O2. The molecular weight excluding hydrogens is 422 g/mol. The zero-order valence-electron chi connectivity index (χ0n) is 22.5. The highest BCUT2D eigenvalue weighted by molar-refractivity contribution is 5.97. The molecule has 0 saturated heterocycles. The van der Waals surface area contributed by atoms with E-state index >= 15 is 0 Å². The lowest BCUT2D eigenvalue weighted by molar-refractivity contribution is -0.121. The first kappa shape index (κ1) is 27.7. The number of benzene rings is 1. The van der Waals surface area contributed by atoms with Gasteiger partial charge in [-0.1, -0.05) is 53.7 Å². The summed E-state index contributed by atoms with van der Waals surface area (Å²) >= 11 is 0. The molecule has 1 aromatic carbocycles. The molecule has 0 spiro atoms. The van der Waals surface area contributed by atoms with E-state index in [1.165, 1.54) is 0 Å². The summed E-state index contributed by atoms with van der Waals surface area (Å²) in [5, 5.41) is 1.09. The molecule has 2 unspecified atom stereocenters. The number of aromatic nitrogens is 1. The normalized spacial score (nSPS) is 14.6. The molecule has 1 amide bonds. The Balaban J connectivity index is 2.20. The van der Waals surface area contributed by atoms with Crippen LogP contribution < -0.4 is 10.6 Å². The van der Waals surface area contributed by atoms with Crippen molar-refractivity contribution in [3.05, 3.63) is 47.8 Å². The molecule has 0 radical (unpaired) electrons. The highest BCUT2D eigenvalue weighted by Gasteiger charge is 2.20. The average molecular weight is 468 g/mol. The number of carbonyl (C=O) groups is 1. The summed E-state index contributed by atoms with van der Waals surface area (Å²) in [6, 6.07) is 8.21. The van der Waals surface area contributed by atoms with Crippen LogP contribution in [0, 0.1) is 11.3 Å². The molecule has 3 N–H and O–H groups in total. The van der Waals surface area contributed by atoms with Crippen molar-refractivity contribution in [1.82, 2.24) is 4.98 Å². The molecule has 0 aliphatic carbocycles. The zero-order valence-corrected chi connectivity index (χ0v) is 22.5. The van der Waals surface area contributed by atoms with Crippen molar-refractivity contribution in [3.63, 3.8) is 0 Å². The highest BCUT2D eigenvalue weighted by atomic mass is 16.5. The van der Waals surface area contributed by atoms with E-state index in [-0.39, 0.29) is 23.3 Å². The maximum atomic E-state index is 13.0. The summed E-state index contributed by atoms with van der Waals surface area (Å²) in [6.07, 6.45) is 4.68. The van der Waals surface area contributed by atoms with Gasteiger partial charge in [-0.15, -0.1) is 0 Å². The molecule has 0 saturated carbocycles. The monoisotopic (exact) mass is 467 g/mol. The summed E-state index contributed by atoms with van der Waals surface area (Å²) in [5.74, 6) is 0.0959. The van der Waals surface area contributed by atoms with Gasteiger partial charge in [-0.25, -0.2) is 0 Å². The van der Waals surface area contributed by atoms with E-state index < -0.39 is 0 Å². The van der Waals surface area contributed by atoms with Gasteiger partial charge in [-0.2, -0.15) is 0 Å². The summed E-state index contributed by atoms with van der Waals surface area (Å²) in [5.41, 5.74) is 12.4. The number of methoxy groups -OCH3 is 1. The highest BCUT2D eigenvalue weighted by Crippen LogP contribution is 2.32. The third kappa shape index (κ3) is 7.23. The number of H-pyrrole nitrogens is 1. The molecule has 5 heteroatoms. The van der Waals surface area contributed by atoms with Crippen molar-refractivity contribution in [2.24, 2.45) is 17.1 Å². The number of nitrogens with two attached hydrogens (primary N) is 1. The standard InChI is InChI=1S/C29H45N3O2/c1-10-24(25(30)18-29(5,6)7)21(4)26-16-22-14-15-23(17-27(22)31-26)32(8)28(33)19(2)12-11-13-20(3)34-9/h14-17,19-20,31H,4,10-13,18,30H2,1-3,5-9H3/b25-24-. The van der Waals surface area contributed by atoms with E-state index in [1.54, 1.807) is 12.0 Å². The first-order chi connectivity index (χ1) is 15.9. The second-order valence-corrected chi connectivity index (χ2v) is 10.8. The van der Waals surface area contributed by atoms with Crippen molar-refractivity contribution in [2.75, 3.05) is 19.1 Å². The second-order valence-electron chi connectivity index (χ2n) is 10.8. The van der Waals surface area contributed by atoms with Crippen LogP contribution >= 0.6 is 0 Å². The lowest BCUT2D eigenvalue weighted by Gasteiger charge is -2.22. The zero-order chi connectivity index (χ0) is 25.6. The minimum atomic E-state index is -0.0354. The van der Waals surface area contributed by atoms with Gasteiger partial charge in [-0.05, 0) is 67.4 Å². The fourth-order valence-corrected chi connectivity index (χ4v) is 4.37. The van der Waals surface area contributed by atoms with Crippen molar-refractivity contribution in [1.29, 1.82) is 0 Å². The third-order valence-electron chi connectivity index (χ3n) is 6.55. The SMILES string of the molecule is C=C(/C(CC)=C(\N)CC(C)(C)C)c1cc2ccc(N(C)C(=O)C(C)CCCC(C)OC)cc2[nH]1. The number of amides is 1. The molecule has 0 aliphatic rings. The van der Waals surface area contributed by atoms with Gasteiger partial charge in [0.2, 0.25) is 5.91 Å². The van der Waals surface area contributed by atoms with Gasteiger partial charge in [-0.3, -0.25) is 4.79 Å². The lowest BCUT2D eigenvalue weighted by atomic mass is 9.87. The minimum absolute atomic E-state index is 0.0354. The molecule has 0 fully saturated rings. The molecule has 1 aromatic heterocycles. The first-order valence-corrected chi connectivity index (χ1v) is 12.5. The van der Waals surface area contributed by atoms with E-state index in [0.29, 0.717) is 0 Å². The topological polar surface area (TPSA) is 71.3 Å². The van der Waals surface area contributed by atoms with E-state index in [9.17, 15) is 4.79 Å². The van der Waals surface area contributed by atoms with Gasteiger partial charge in [0.05, 0.1) is 6.10 Å². The number of hydrogen-bond acceptors (Lipinski definition) is 3. The Hall–Kier alpha value is -2.53. The molecule has 1 heterocycles. The van der Waals surface area contributed by atoms with E-state index in [1.807, 2.05) is 26.1 Å². The van der Waals surface area contributed by atoms with Crippen LogP contribution in [0.3, 0.4) is 0 Å². The molecule has 2 atom stereocenters. The summed E-state index contributed by atoms with van der Waals surface area (Å²) in [6.45, 7) is 17.1. The second kappa shape index (κ2) is 11.7. The van der Waals surface area contributed by atoms with Gasteiger partial charge in [0.25, 0.3) is 0 Å². The maximum absolute atomic E-state index is 13.0. The van der Waals surface area contributed by atoms with Crippen LogP contribution in [-0.4, -0.2) is 31.2 Å². The Morgan fingerprint density at radius 2 is 1.88 bits per heavy atom. The predicted octanol–water partition coefficient (Wildman–Crippen LogP) is 7.04. The quantitative estimate of drug-likeness (QED) is 0.348. The number of aromatic amines is 1. The van der Waals surface area contributed by atoms with E-state index in [4.69, 9.17) is 10.5 Å². The van der Waals surface area contributed by atoms with Crippen molar-refractivity contribution in [2.45, 2.75) is 79.8 Å². The number of anilines is 1. The fourth-order valence-electron chi connectivity index (χ4n) is 4.37. The molecule has 5 nitrogen and oxygen atoms in total.